The molecule has 2 aromatic rings. The Bertz CT molecular complexity index is 1190. The van der Waals surface area contributed by atoms with Gasteiger partial charge in [-0.15, -0.1) is 0 Å². The molecule has 0 spiro atoms. The number of aryl methyl sites for hydroxylation is 3. The highest BCUT2D eigenvalue weighted by atomic mass is 16.8. The molecule has 1 saturated heterocycles. The topological polar surface area (TPSA) is 97.3 Å². The number of benzene rings is 1. The molecule has 1 aromatic carbocycles. The maximum Gasteiger partial charge on any atom is 0.295 e. The maximum absolute atomic E-state index is 13.5. The molecular formula is C27H33N5O5. The van der Waals surface area contributed by atoms with Gasteiger partial charge in [-0.05, 0) is 62.8 Å². The van der Waals surface area contributed by atoms with Gasteiger partial charge in [-0.1, -0.05) is 6.07 Å². The van der Waals surface area contributed by atoms with E-state index in [1.165, 1.54) is 5.56 Å². The van der Waals surface area contributed by atoms with Crippen molar-refractivity contribution in [3.63, 3.8) is 0 Å². The number of anilines is 1. The molecule has 1 amide bonds. The lowest BCUT2D eigenvalue weighted by atomic mass is 10.0. The van der Waals surface area contributed by atoms with E-state index in [4.69, 9.17) is 14.3 Å². The fourth-order valence-corrected chi connectivity index (χ4v) is 5.56. The molecule has 1 aliphatic carbocycles. The quantitative estimate of drug-likeness (QED) is 0.524. The molecule has 196 valence electrons. The minimum atomic E-state index is -0.825. The molecule has 0 saturated carbocycles. The van der Waals surface area contributed by atoms with Crippen LogP contribution in [0.4, 0.5) is 5.82 Å². The van der Waals surface area contributed by atoms with Gasteiger partial charge in [0.25, 0.3) is 18.7 Å². The molecule has 1 unspecified atom stereocenters. The highest BCUT2D eigenvalue weighted by molar-refractivity contribution is 5.94. The Hall–Kier alpha value is -3.66. The van der Waals surface area contributed by atoms with Gasteiger partial charge in [-0.25, -0.2) is 19.9 Å². The van der Waals surface area contributed by atoms with Crippen molar-refractivity contribution >= 4 is 18.2 Å². The van der Waals surface area contributed by atoms with Crippen LogP contribution in [0.3, 0.4) is 0 Å². The van der Waals surface area contributed by atoms with Gasteiger partial charge in [0.2, 0.25) is 5.88 Å². The molecule has 10 heteroatoms. The van der Waals surface area contributed by atoms with Crippen molar-refractivity contribution in [2.75, 3.05) is 32.1 Å². The summed E-state index contributed by atoms with van der Waals surface area (Å²) >= 11 is 0. The molecule has 1 aromatic heterocycles. The minimum Gasteiger partial charge on any atom is -0.481 e. The van der Waals surface area contributed by atoms with Crippen LogP contribution in [0.15, 0.2) is 36.2 Å². The van der Waals surface area contributed by atoms with E-state index in [1.54, 1.807) is 18.2 Å². The second-order valence-corrected chi connectivity index (χ2v) is 9.76. The minimum absolute atomic E-state index is 0.00707. The molecule has 1 fully saturated rings. The maximum atomic E-state index is 13.5. The lowest BCUT2D eigenvalue weighted by Crippen LogP contribution is -2.46. The number of piperidine rings is 1. The molecule has 37 heavy (non-hydrogen) atoms. The Balaban J connectivity index is 1.27. The highest BCUT2D eigenvalue weighted by Crippen LogP contribution is 2.41. The molecule has 3 aliphatic rings. The van der Waals surface area contributed by atoms with Gasteiger partial charge in [0, 0.05) is 49.6 Å². The number of hydrogen-bond acceptors (Lipinski definition) is 9. The number of amides is 1. The van der Waals surface area contributed by atoms with Crippen molar-refractivity contribution in [1.82, 2.24) is 19.9 Å². The zero-order valence-corrected chi connectivity index (χ0v) is 21.7. The summed E-state index contributed by atoms with van der Waals surface area (Å²) in [5.41, 5.74) is 3.82. The Labute approximate surface area is 216 Å². The average Bonchev–Trinajstić information content (AvgIpc) is 3.50. The first-order valence-corrected chi connectivity index (χ1v) is 12.7. The van der Waals surface area contributed by atoms with E-state index in [0.29, 0.717) is 17.9 Å². The number of fused-ring (bicyclic) bond motifs is 1. The van der Waals surface area contributed by atoms with E-state index in [2.05, 4.69) is 14.9 Å². The number of hydrogen-bond donors (Lipinski definition) is 0. The largest absolute Gasteiger partial charge is 0.481 e. The van der Waals surface area contributed by atoms with Gasteiger partial charge in [0.05, 0.1) is 13.2 Å². The predicted molar refractivity (Wildman–Crippen MR) is 135 cm³/mol. The van der Waals surface area contributed by atoms with Gasteiger partial charge in [-0.3, -0.25) is 9.59 Å². The standard InChI is InChI=1S/C27H33N5O5/c1-17-13-24(29-18(2)28-17)31-11-9-21(10-12-31)30(3)27(34)20-6-5-19-7-8-23(22(19)14-20)32-25(35-4)15-26(37-32)36-16-33/h5-6,13-16,21,23,26H,7-12H2,1-4H3/t23-,26?/m1/s1. The molecule has 10 nitrogen and oxygen atoms in total. The van der Waals surface area contributed by atoms with E-state index in [9.17, 15) is 9.59 Å². The van der Waals surface area contributed by atoms with Gasteiger partial charge < -0.3 is 19.3 Å². The number of ether oxygens (including phenoxy) is 2. The lowest BCUT2D eigenvalue weighted by Gasteiger charge is -2.37. The number of carbonyl (C=O) groups excluding carboxylic acids is 2. The zero-order chi connectivity index (χ0) is 26.1. The first-order valence-electron chi connectivity index (χ1n) is 12.7. The molecule has 0 N–H and O–H groups in total. The van der Waals surface area contributed by atoms with Crippen LogP contribution in [0.1, 0.15) is 58.3 Å². The van der Waals surface area contributed by atoms with Crippen LogP contribution in [0, 0.1) is 13.8 Å². The molecule has 2 aliphatic heterocycles. The van der Waals surface area contributed by atoms with E-state index in [0.717, 1.165) is 61.7 Å². The third-order valence-corrected chi connectivity index (χ3v) is 7.44. The second kappa shape index (κ2) is 10.4. The van der Waals surface area contributed by atoms with Crippen LogP contribution >= 0.6 is 0 Å². The summed E-state index contributed by atoms with van der Waals surface area (Å²) in [5, 5.41) is 1.64. The fraction of sp³-hybridized carbons (Fsp3) is 0.481. The van der Waals surface area contributed by atoms with E-state index in [-0.39, 0.29) is 18.0 Å². The normalized spacial score (nSPS) is 21.5. The van der Waals surface area contributed by atoms with E-state index < -0.39 is 6.29 Å². The van der Waals surface area contributed by atoms with Crippen molar-refractivity contribution < 1.29 is 23.9 Å². The number of nitrogens with zero attached hydrogens (tertiary/aromatic N) is 5. The summed E-state index contributed by atoms with van der Waals surface area (Å²) in [5.74, 6) is 2.22. The summed E-state index contributed by atoms with van der Waals surface area (Å²) < 4.78 is 10.4. The number of carbonyl (C=O) groups is 2. The number of aromatic nitrogens is 2. The van der Waals surface area contributed by atoms with Crippen molar-refractivity contribution in [3.05, 3.63) is 64.4 Å². The third kappa shape index (κ3) is 4.98. The van der Waals surface area contributed by atoms with Gasteiger partial charge in [0.1, 0.15) is 11.6 Å². The molecular weight excluding hydrogens is 474 g/mol. The van der Waals surface area contributed by atoms with E-state index in [1.807, 2.05) is 50.1 Å². The summed E-state index contributed by atoms with van der Waals surface area (Å²) in [7, 11) is 3.44. The second-order valence-electron chi connectivity index (χ2n) is 9.76. The van der Waals surface area contributed by atoms with Crippen molar-refractivity contribution in [2.24, 2.45) is 0 Å². The van der Waals surface area contributed by atoms with Crippen molar-refractivity contribution in [1.29, 1.82) is 0 Å². The number of methoxy groups -OCH3 is 1. The van der Waals surface area contributed by atoms with Crippen LogP contribution in [-0.4, -0.2) is 71.9 Å². The smallest absolute Gasteiger partial charge is 0.295 e. The monoisotopic (exact) mass is 507 g/mol. The molecule has 5 rings (SSSR count). The highest BCUT2D eigenvalue weighted by Gasteiger charge is 2.37. The Morgan fingerprint density at radius 3 is 2.65 bits per heavy atom. The number of rotatable bonds is 7. The Kier molecular flexibility index (Phi) is 7.01. The molecule has 2 atom stereocenters. The van der Waals surface area contributed by atoms with Crippen LogP contribution in [-0.2, 0) is 25.5 Å². The number of hydroxylamine groups is 2. The van der Waals surface area contributed by atoms with Crippen LogP contribution in [0.25, 0.3) is 0 Å². The molecule has 3 heterocycles. The van der Waals surface area contributed by atoms with Crippen LogP contribution < -0.4 is 4.90 Å². The lowest BCUT2D eigenvalue weighted by molar-refractivity contribution is -0.244. The molecule has 0 bridgehead atoms. The summed E-state index contributed by atoms with van der Waals surface area (Å²) in [4.78, 5) is 43.2. The summed E-state index contributed by atoms with van der Waals surface area (Å²) in [6.07, 6.45) is 4.21. The van der Waals surface area contributed by atoms with Crippen molar-refractivity contribution in [3.8, 4) is 0 Å². The first kappa shape index (κ1) is 25.0. The van der Waals surface area contributed by atoms with Gasteiger partial charge >= 0.3 is 0 Å². The van der Waals surface area contributed by atoms with E-state index >= 15 is 0 Å². The van der Waals surface area contributed by atoms with Crippen LogP contribution in [0.5, 0.6) is 0 Å². The zero-order valence-electron chi connectivity index (χ0n) is 21.7. The first-order chi connectivity index (χ1) is 17.9. The fourth-order valence-electron chi connectivity index (χ4n) is 5.56. The Morgan fingerprint density at radius 1 is 1.16 bits per heavy atom. The molecule has 0 radical (unpaired) electrons. The summed E-state index contributed by atoms with van der Waals surface area (Å²) in [6, 6.07) is 7.95. The SMILES string of the molecule is COC1=CC(OC=O)ON1[C@@H]1CCc2ccc(C(=O)N(C)C3CCN(c4cc(C)nc(C)n4)CC3)cc21. The third-order valence-electron chi connectivity index (χ3n) is 7.44. The predicted octanol–water partition coefficient (Wildman–Crippen LogP) is 3.06. The average molecular weight is 508 g/mol. The summed E-state index contributed by atoms with van der Waals surface area (Å²) in [6.45, 7) is 5.93. The Morgan fingerprint density at radius 2 is 1.95 bits per heavy atom. The van der Waals surface area contributed by atoms with Crippen LogP contribution in [0.2, 0.25) is 0 Å². The van der Waals surface area contributed by atoms with Gasteiger partial charge in [-0.2, -0.15) is 0 Å². The van der Waals surface area contributed by atoms with Crippen molar-refractivity contribution in [2.45, 2.75) is 57.9 Å². The van der Waals surface area contributed by atoms with Gasteiger partial charge in [0.15, 0.2) is 0 Å².